The Morgan fingerprint density at radius 1 is 1.09 bits per heavy atom. The number of fused-ring (bicyclic) bond motifs is 5. The Morgan fingerprint density at radius 3 is 2.14 bits per heavy atom. The van der Waals surface area contributed by atoms with Crippen molar-refractivity contribution in [2.75, 3.05) is 4.90 Å². The number of hydrogen-bond donors (Lipinski definition) is 0. The normalized spacial score (nSPS) is 39.7. The molecular formula is C15H11Br2ClFNO2. The molecule has 0 aromatic heterocycles. The highest BCUT2D eigenvalue weighted by atomic mass is 79.9. The van der Waals surface area contributed by atoms with E-state index in [0.717, 1.165) is 6.42 Å². The molecule has 1 aromatic rings. The van der Waals surface area contributed by atoms with E-state index in [4.69, 9.17) is 11.6 Å². The Hall–Kier alpha value is -0.460. The molecule has 3 nitrogen and oxygen atoms in total. The third kappa shape index (κ3) is 1.83. The Balaban J connectivity index is 1.74. The van der Waals surface area contributed by atoms with Crippen molar-refractivity contribution in [3.05, 3.63) is 29.0 Å². The Labute approximate surface area is 148 Å². The molecule has 0 N–H and O–H groups in total. The molecule has 2 aliphatic carbocycles. The van der Waals surface area contributed by atoms with Crippen molar-refractivity contribution >= 4 is 61.0 Å². The predicted molar refractivity (Wildman–Crippen MR) is 87.9 cm³/mol. The van der Waals surface area contributed by atoms with Gasteiger partial charge in [-0.05, 0) is 36.5 Å². The number of halogens is 4. The lowest BCUT2D eigenvalue weighted by Gasteiger charge is -2.28. The van der Waals surface area contributed by atoms with E-state index in [9.17, 15) is 14.0 Å². The van der Waals surface area contributed by atoms with Crippen LogP contribution in [0.25, 0.3) is 0 Å². The van der Waals surface area contributed by atoms with Crippen molar-refractivity contribution in [3.8, 4) is 0 Å². The zero-order valence-corrected chi connectivity index (χ0v) is 15.1. The molecule has 0 radical (unpaired) electrons. The largest absolute Gasteiger partial charge is 0.274 e. The number of rotatable bonds is 1. The lowest BCUT2D eigenvalue weighted by molar-refractivity contribution is -0.123. The molecule has 0 spiro atoms. The number of nitrogens with zero attached hydrogens (tertiary/aromatic N) is 1. The van der Waals surface area contributed by atoms with E-state index < -0.39 is 5.82 Å². The van der Waals surface area contributed by atoms with Crippen LogP contribution in [-0.2, 0) is 9.59 Å². The van der Waals surface area contributed by atoms with Crippen LogP contribution in [0.4, 0.5) is 10.1 Å². The molecule has 0 unspecified atom stereocenters. The van der Waals surface area contributed by atoms with Gasteiger partial charge in [0.25, 0.3) is 0 Å². The number of imide groups is 1. The number of carbonyl (C=O) groups is 2. The van der Waals surface area contributed by atoms with E-state index >= 15 is 0 Å². The molecule has 22 heavy (non-hydrogen) atoms. The van der Waals surface area contributed by atoms with Gasteiger partial charge in [-0.25, -0.2) is 9.29 Å². The van der Waals surface area contributed by atoms with Crippen molar-refractivity contribution in [2.24, 2.45) is 23.7 Å². The van der Waals surface area contributed by atoms with Crippen molar-refractivity contribution in [1.82, 2.24) is 0 Å². The number of alkyl halides is 2. The minimum Gasteiger partial charge on any atom is -0.274 e. The van der Waals surface area contributed by atoms with Crippen LogP contribution < -0.4 is 4.90 Å². The molecule has 1 saturated heterocycles. The number of hydrogen-bond acceptors (Lipinski definition) is 2. The summed E-state index contributed by atoms with van der Waals surface area (Å²) in [6, 6.07) is 3.95. The Kier molecular flexibility index (Phi) is 3.44. The van der Waals surface area contributed by atoms with Crippen LogP contribution in [0.3, 0.4) is 0 Å². The topological polar surface area (TPSA) is 37.4 Å². The van der Waals surface area contributed by atoms with Crippen molar-refractivity contribution < 1.29 is 14.0 Å². The maximum atomic E-state index is 13.3. The maximum absolute atomic E-state index is 13.3. The molecule has 1 aliphatic heterocycles. The minimum atomic E-state index is -0.564. The third-order valence-corrected chi connectivity index (χ3v) is 8.64. The van der Waals surface area contributed by atoms with Gasteiger partial charge in [-0.2, -0.15) is 0 Å². The summed E-state index contributed by atoms with van der Waals surface area (Å²) in [6.07, 6.45) is 0.886. The number of benzene rings is 1. The second kappa shape index (κ2) is 5.02. The summed E-state index contributed by atoms with van der Waals surface area (Å²) in [6.45, 7) is 0. The van der Waals surface area contributed by atoms with Crippen molar-refractivity contribution in [1.29, 1.82) is 0 Å². The fourth-order valence-corrected chi connectivity index (χ4v) is 6.28. The van der Waals surface area contributed by atoms with Gasteiger partial charge in [-0.3, -0.25) is 9.59 Å². The van der Waals surface area contributed by atoms with Gasteiger partial charge in [0, 0.05) is 9.65 Å². The van der Waals surface area contributed by atoms with Gasteiger partial charge >= 0.3 is 0 Å². The molecule has 116 valence electrons. The van der Waals surface area contributed by atoms with E-state index in [1.807, 2.05) is 0 Å². The highest BCUT2D eigenvalue weighted by Gasteiger charge is 2.66. The first-order valence-electron chi connectivity index (χ1n) is 7.03. The molecule has 4 rings (SSSR count). The van der Waals surface area contributed by atoms with Gasteiger partial charge in [-0.15, -0.1) is 0 Å². The highest BCUT2D eigenvalue weighted by Crippen LogP contribution is 2.60. The van der Waals surface area contributed by atoms with Gasteiger partial charge in [0.05, 0.1) is 22.5 Å². The van der Waals surface area contributed by atoms with Gasteiger partial charge in [0.1, 0.15) is 5.82 Å². The molecular weight excluding hydrogens is 440 g/mol. The molecule has 1 aromatic carbocycles. The van der Waals surface area contributed by atoms with Gasteiger partial charge in [0.2, 0.25) is 11.8 Å². The predicted octanol–water partition coefficient (Wildman–Crippen LogP) is 3.76. The summed E-state index contributed by atoms with van der Waals surface area (Å²) in [4.78, 5) is 27.1. The minimum absolute atomic E-state index is 0.0881. The second-order valence-corrected chi connectivity index (χ2v) is 8.64. The van der Waals surface area contributed by atoms with Crippen LogP contribution in [0.15, 0.2) is 18.2 Å². The fourth-order valence-electron chi connectivity index (χ4n) is 4.23. The number of anilines is 1. The van der Waals surface area contributed by atoms with Crippen molar-refractivity contribution in [2.45, 2.75) is 16.1 Å². The maximum Gasteiger partial charge on any atom is 0.238 e. The van der Waals surface area contributed by atoms with Crippen molar-refractivity contribution in [3.63, 3.8) is 0 Å². The van der Waals surface area contributed by atoms with E-state index in [2.05, 4.69) is 31.9 Å². The van der Waals surface area contributed by atoms with Gasteiger partial charge < -0.3 is 0 Å². The SMILES string of the molecule is O=C1[C@@H]2[C@H]3C[C@@H]([C@H](Br)[C@H]3Br)[C@H]2C(=O)N1c1ccc(F)c(Cl)c1. The van der Waals surface area contributed by atoms with Gasteiger partial charge in [-0.1, -0.05) is 43.5 Å². The van der Waals surface area contributed by atoms with Crippen LogP contribution >= 0.6 is 43.5 Å². The first-order chi connectivity index (χ1) is 10.4. The second-order valence-electron chi connectivity index (χ2n) is 6.11. The summed E-state index contributed by atoms with van der Waals surface area (Å²) in [5, 5.41) is -0.0881. The van der Waals surface area contributed by atoms with E-state index in [1.165, 1.54) is 23.1 Å². The third-order valence-electron chi connectivity index (χ3n) is 5.15. The number of carbonyl (C=O) groups excluding carboxylic acids is 2. The van der Waals surface area contributed by atoms with E-state index in [1.54, 1.807) is 0 Å². The van der Waals surface area contributed by atoms with E-state index in [0.29, 0.717) is 5.69 Å². The monoisotopic (exact) mass is 449 g/mol. The van der Waals surface area contributed by atoms with Crippen LogP contribution in [0, 0.1) is 29.5 Å². The van der Waals surface area contributed by atoms with Crippen LogP contribution in [0.2, 0.25) is 5.02 Å². The summed E-state index contributed by atoms with van der Waals surface area (Å²) in [7, 11) is 0. The van der Waals surface area contributed by atoms with Gasteiger partial charge in [0.15, 0.2) is 0 Å². The molecule has 2 amide bonds. The Morgan fingerprint density at radius 2 is 1.64 bits per heavy atom. The smallest absolute Gasteiger partial charge is 0.238 e. The molecule has 1 heterocycles. The van der Waals surface area contributed by atoms with Crippen LogP contribution in [0.5, 0.6) is 0 Å². The first-order valence-corrected chi connectivity index (χ1v) is 9.23. The lowest BCUT2D eigenvalue weighted by atomic mass is 9.81. The molecule has 3 fully saturated rings. The van der Waals surface area contributed by atoms with E-state index in [-0.39, 0.29) is 50.2 Å². The molecule has 2 bridgehead atoms. The quantitative estimate of drug-likeness (QED) is 0.482. The molecule has 6 atom stereocenters. The summed E-state index contributed by atoms with van der Waals surface area (Å²) in [5.74, 6) is -1.17. The number of amides is 2. The molecule has 7 heteroatoms. The zero-order valence-electron chi connectivity index (χ0n) is 11.2. The fraction of sp³-hybridized carbons (Fsp3) is 0.467. The first kappa shape index (κ1) is 15.1. The average molecular weight is 452 g/mol. The van der Waals surface area contributed by atoms with Crippen LogP contribution in [0.1, 0.15) is 6.42 Å². The molecule has 3 aliphatic rings. The lowest BCUT2D eigenvalue weighted by Crippen LogP contribution is -2.37. The van der Waals surface area contributed by atoms with Crippen LogP contribution in [-0.4, -0.2) is 21.5 Å². The zero-order chi connectivity index (χ0) is 15.8. The summed E-state index contributed by atoms with van der Waals surface area (Å²) >= 11 is 13.1. The average Bonchev–Trinajstić information content (AvgIpc) is 3.08. The summed E-state index contributed by atoms with van der Waals surface area (Å²) in [5.41, 5.74) is 0.354. The molecule has 2 saturated carbocycles. The Bertz CT molecular complexity index is 668. The highest BCUT2D eigenvalue weighted by molar-refractivity contribution is 9.12. The summed E-state index contributed by atoms with van der Waals surface area (Å²) < 4.78 is 13.3. The standard InChI is InChI=1S/C15H11Br2ClFNO2/c16-12-6-4-7(13(12)17)11-10(6)14(21)20(15(11)22)5-1-2-9(19)8(18)3-5/h1-3,6-7,10-13H,4H2/t6-,7-,10-,11-,12+,13+/m1/s1.